The van der Waals surface area contributed by atoms with E-state index in [1.807, 2.05) is 24.4 Å². The van der Waals surface area contributed by atoms with E-state index in [1.165, 1.54) is 22.1 Å². The number of carbonyl (C=O) groups is 2. The van der Waals surface area contributed by atoms with E-state index in [9.17, 15) is 14.4 Å². The molecule has 9 nitrogen and oxygen atoms in total. The second kappa shape index (κ2) is 9.28. The molecule has 0 bridgehead atoms. The normalized spacial score (nSPS) is 10.7. The molecule has 3 heterocycles. The average molecular weight is 415 g/mol. The summed E-state index contributed by atoms with van der Waals surface area (Å²) in [5, 5.41) is 9.17. The van der Waals surface area contributed by atoms with Crippen LogP contribution in [0.5, 0.6) is 0 Å². The fourth-order valence-corrected chi connectivity index (χ4v) is 3.29. The zero-order chi connectivity index (χ0) is 20.8. The molecule has 0 radical (unpaired) electrons. The topological polar surface area (TPSA) is 119 Å². The summed E-state index contributed by atoms with van der Waals surface area (Å²) in [5.74, 6) is -0.250. The maximum absolute atomic E-state index is 12.3. The van der Waals surface area contributed by atoms with Gasteiger partial charge < -0.3 is 10.1 Å². The van der Waals surface area contributed by atoms with E-state index >= 15 is 0 Å². The van der Waals surface area contributed by atoms with Crippen LogP contribution in [0, 0.1) is 0 Å². The van der Waals surface area contributed by atoms with Crippen LogP contribution in [0.25, 0.3) is 16.5 Å². The SMILES string of the molecule is CCOC(=O)CCC(=O)Nc1cc(-c2cccs2)nn1-c1nc(CC)cc(=O)[nH]1. The maximum Gasteiger partial charge on any atom is 0.306 e. The molecule has 0 aliphatic carbocycles. The first-order valence-electron chi connectivity index (χ1n) is 9.20. The molecule has 152 valence electrons. The number of nitrogens with one attached hydrogen (secondary N) is 2. The molecule has 10 heteroatoms. The first kappa shape index (κ1) is 20.5. The van der Waals surface area contributed by atoms with Gasteiger partial charge in [-0.1, -0.05) is 13.0 Å². The number of nitrogens with zero attached hydrogens (tertiary/aromatic N) is 3. The van der Waals surface area contributed by atoms with Gasteiger partial charge in [0.25, 0.3) is 5.56 Å². The van der Waals surface area contributed by atoms with Crippen molar-refractivity contribution >= 4 is 29.0 Å². The Kier molecular flexibility index (Phi) is 6.55. The smallest absolute Gasteiger partial charge is 0.306 e. The molecule has 3 aromatic rings. The second-order valence-corrected chi connectivity index (χ2v) is 7.02. The summed E-state index contributed by atoms with van der Waals surface area (Å²) >= 11 is 1.50. The van der Waals surface area contributed by atoms with Gasteiger partial charge >= 0.3 is 5.97 Å². The van der Waals surface area contributed by atoms with E-state index in [1.54, 1.807) is 13.0 Å². The number of ether oxygens (including phenoxy) is 1. The number of aryl methyl sites for hydroxylation is 1. The van der Waals surface area contributed by atoms with Gasteiger partial charge in [-0.2, -0.15) is 9.78 Å². The van der Waals surface area contributed by atoms with E-state index < -0.39 is 5.97 Å². The minimum atomic E-state index is -0.433. The number of esters is 1. The van der Waals surface area contributed by atoms with Crippen molar-refractivity contribution in [3.05, 3.63) is 45.7 Å². The lowest BCUT2D eigenvalue weighted by atomic mass is 10.3. The van der Waals surface area contributed by atoms with Crippen LogP contribution in [0.1, 0.15) is 32.4 Å². The highest BCUT2D eigenvalue weighted by Gasteiger charge is 2.17. The predicted octanol–water partition coefficient (Wildman–Crippen LogP) is 2.53. The Labute approximate surface area is 170 Å². The predicted molar refractivity (Wildman–Crippen MR) is 109 cm³/mol. The van der Waals surface area contributed by atoms with E-state index in [4.69, 9.17) is 4.74 Å². The Balaban J connectivity index is 1.91. The summed E-state index contributed by atoms with van der Waals surface area (Å²) in [4.78, 5) is 43.8. The Morgan fingerprint density at radius 2 is 2.10 bits per heavy atom. The summed E-state index contributed by atoms with van der Waals surface area (Å²) in [6.07, 6.45) is 0.528. The van der Waals surface area contributed by atoms with Gasteiger partial charge in [-0.25, -0.2) is 4.98 Å². The first-order valence-corrected chi connectivity index (χ1v) is 10.1. The van der Waals surface area contributed by atoms with Gasteiger partial charge in [0.1, 0.15) is 11.5 Å². The Hall–Kier alpha value is -3.27. The van der Waals surface area contributed by atoms with Gasteiger partial charge in [0, 0.05) is 24.2 Å². The van der Waals surface area contributed by atoms with Crippen LogP contribution in [-0.4, -0.2) is 38.2 Å². The summed E-state index contributed by atoms with van der Waals surface area (Å²) in [6.45, 7) is 3.87. The van der Waals surface area contributed by atoms with Crippen LogP contribution in [0.3, 0.4) is 0 Å². The first-order chi connectivity index (χ1) is 14.0. The van der Waals surface area contributed by atoms with Crippen LogP contribution in [0.15, 0.2) is 34.4 Å². The van der Waals surface area contributed by atoms with Crippen molar-refractivity contribution in [3.63, 3.8) is 0 Å². The van der Waals surface area contributed by atoms with E-state index in [2.05, 4.69) is 20.4 Å². The molecule has 3 rings (SSSR count). The van der Waals surface area contributed by atoms with E-state index in [0.29, 0.717) is 23.6 Å². The number of hydrogen-bond acceptors (Lipinski definition) is 7. The molecule has 29 heavy (non-hydrogen) atoms. The third kappa shape index (κ3) is 5.17. The third-order valence-electron chi connectivity index (χ3n) is 3.96. The molecule has 1 amide bonds. The molecule has 0 fully saturated rings. The van der Waals surface area contributed by atoms with Crippen molar-refractivity contribution < 1.29 is 14.3 Å². The van der Waals surface area contributed by atoms with Crippen molar-refractivity contribution in [2.45, 2.75) is 33.1 Å². The molecule has 3 aromatic heterocycles. The van der Waals surface area contributed by atoms with Crippen LogP contribution in [0.2, 0.25) is 0 Å². The minimum Gasteiger partial charge on any atom is -0.466 e. The molecule has 0 atom stereocenters. The second-order valence-electron chi connectivity index (χ2n) is 6.07. The fraction of sp³-hybridized carbons (Fsp3) is 0.316. The largest absolute Gasteiger partial charge is 0.466 e. The van der Waals surface area contributed by atoms with Crippen LogP contribution in [0.4, 0.5) is 5.82 Å². The summed E-state index contributed by atoms with van der Waals surface area (Å²) < 4.78 is 6.23. The molecule has 0 unspecified atom stereocenters. The number of aromatic nitrogens is 4. The number of rotatable bonds is 8. The lowest BCUT2D eigenvalue weighted by Gasteiger charge is -2.08. The van der Waals surface area contributed by atoms with Crippen LogP contribution >= 0.6 is 11.3 Å². The van der Waals surface area contributed by atoms with Gasteiger partial charge in [0.2, 0.25) is 11.9 Å². The van der Waals surface area contributed by atoms with Gasteiger partial charge in [-0.05, 0) is 24.8 Å². The minimum absolute atomic E-state index is 0.0218. The Bertz CT molecular complexity index is 1050. The van der Waals surface area contributed by atoms with Crippen molar-refractivity contribution in [2.75, 3.05) is 11.9 Å². The zero-order valence-electron chi connectivity index (χ0n) is 16.1. The van der Waals surface area contributed by atoms with Crippen molar-refractivity contribution in [3.8, 4) is 16.5 Å². The number of thiophene rings is 1. The lowest BCUT2D eigenvalue weighted by Crippen LogP contribution is -2.20. The highest BCUT2D eigenvalue weighted by atomic mass is 32.1. The molecule has 0 saturated heterocycles. The number of carbonyl (C=O) groups excluding carboxylic acids is 2. The lowest BCUT2D eigenvalue weighted by molar-refractivity contribution is -0.144. The van der Waals surface area contributed by atoms with Gasteiger partial charge in [-0.3, -0.25) is 19.4 Å². The number of hydrogen-bond donors (Lipinski definition) is 2. The molecule has 0 aliphatic heterocycles. The summed E-state index contributed by atoms with van der Waals surface area (Å²) in [5.41, 5.74) is 0.932. The van der Waals surface area contributed by atoms with E-state index in [-0.39, 0.29) is 36.9 Å². The molecular formula is C19H21N5O4S. The van der Waals surface area contributed by atoms with Crippen molar-refractivity contribution in [2.24, 2.45) is 0 Å². The molecule has 0 aromatic carbocycles. The molecule has 0 saturated carbocycles. The monoisotopic (exact) mass is 415 g/mol. The molecule has 0 spiro atoms. The van der Waals surface area contributed by atoms with Gasteiger partial charge in [0.15, 0.2) is 0 Å². The molecule has 0 aliphatic rings. The number of aromatic amines is 1. The highest BCUT2D eigenvalue weighted by Crippen LogP contribution is 2.27. The number of amides is 1. The van der Waals surface area contributed by atoms with Crippen LogP contribution < -0.4 is 10.9 Å². The van der Waals surface area contributed by atoms with Gasteiger partial charge in [-0.15, -0.1) is 11.3 Å². The van der Waals surface area contributed by atoms with Gasteiger partial charge in [0.05, 0.1) is 17.9 Å². The number of anilines is 1. The Morgan fingerprint density at radius 3 is 2.79 bits per heavy atom. The zero-order valence-corrected chi connectivity index (χ0v) is 16.9. The quantitative estimate of drug-likeness (QED) is 0.546. The third-order valence-corrected chi connectivity index (χ3v) is 4.85. The maximum atomic E-state index is 12.3. The van der Waals surface area contributed by atoms with E-state index in [0.717, 1.165) is 4.88 Å². The molecular weight excluding hydrogens is 394 g/mol. The highest BCUT2D eigenvalue weighted by molar-refractivity contribution is 7.13. The standard InChI is InChI=1S/C19H21N5O4S/c1-3-12-10-17(26)22-19(20-12)24-15(11-13(23-24)14-6-5-9-29-14)21-16(25)7-8-18(27)28-4-2/h5-6,9-11H,3-4,7-8H2,1-2H3,(H,21,25)(H,20,22,26). The van der Waals surface area contributed by atoms with Crippen molar-refractivity contribution in [1.82, 2.24) is 19.7 Å². The fourth-order valence-electron chi connectivity index (χ4n) is 2.61. The van der Waals surface area contributed by atoms with Crippen molar-refractivity contribution in [1.29, 1.82) is 0 Å². The average Bonchev–Trinajstić information content (AvgIpc) is 3.36. The Morgan fingerprint density at radius 1 is 1.28 bits per heavy atom. The number of H-pyrrole nitrogens is 1. The summed E-state index contributed by atoms with van der Waals surface area (Å²) in [6, 6.07) is 6.92. The summed E-state index contributed by atoms with van der Waals surface area (Å²) in [7, 11) is 0. The molecule has 2 N–H and O–H groups in total. The van der Waals surface area contributed by atoms with Crippen LogP contribution in [-0.2, 0) is 20.7 Å².